The van der Waals surface area contributed by atoms with E-state index in [4.69, 9.17) is 10.8 Å². The first-order chi connectivity index (χ1) is 9.00. The highest BCUT2D eigenvalue weighted by atomic mass is 16.4. The van der Waals surface area contributed by atoms with Crippen LogP contribution in [0.15, 0.2) is 48.5 Å². The Kier molecular flexibility index (Phi) is 6.03. The van der Waals surface area contributed by atoms with Gasteiger partial charge >= 0.3 is 5.97 Å². The van der Waals surface area contributed by atoms with Crippen molar-refractivity contribution < 1.29 is 9.90 Å². The highest BCUT2D eigenvalue weighted by molar-refractivity contribution is 5.82. The molecule has 19 heavy (non-hydrogen) atoms. The number of carbonyl (C=O) groups is 1. The molecule has 2 rings (SSSR count). The molecule has 0 bridgehead atoms. The van der Waals surface area contributed by atoms with Gasteiger partial charge in [-0.2, -0.15) is 0 Å². The number of rotatable bonds is 3. The van der Waals surface area contributed by atoms with Crippen LogP contribution in [0.5, 0.6) is 0 Å². The number of hydrogen-bond acceptors (Lipinski definition) is 2. The van der Waals surface area contributed by atoms with E-state index in [2.05, 4.69) is 48.5 Å². The molecule has 0 aromatic heterocycles. The van der Waals surface area contributed by atoms with Crippen molar-refractivity contribution in [3.8, 4) is 0 Å². The van der Waals surface area contributed by atoms with Crippen molar-refractivity contribution in [1.29, 1.82) is 0 Å². The highest BCUT2D eigenvalue weighted by Crippen LogP contribution is 2.11. The molecular weight excluding hydrogens is 238 g/mol. The molecule has 3 N–H and O–H groups in total. The van der Waals surface area contributed by atoms with Crippen molar-refractivity contribution in [2.75, 3.05) is 0 Å². The molecule has 0 amide bonds. The first-order valence-electron chi connectivity index (χ1n) is 6.43. The molecule has 1 atom stereocenters. The van der Waals surface area contributed by atoms with Gasteiger partial charge in [0.25, 0.3) is 0 Å². The van der Waals surface area contributed by atoms with E-state index >= 15 is 0 Å². The number of hydrogen-bond donors (Lipinski definition) is 2. The molecule has 0 spiro atoms. The van der Waals surface area contributed by atoms with E-state index in [-0.39, 0.29) is 0 Å². The summed E-state index contributed by atoms with van der Waals surface area (Å²) in [6.45, 7) is 3.89. The second-order valence-corrected chi connectivity index (χ2v) is 4.92. The zero-order chi connectivity index (χ0) is 14.3. The maximum atomic E-state index is 10.1. The number of carboxylic acid groups (broad SMARTS) is 1. The minimum atomic E-state index is -0.913. The van der Waals surface area contributed by atoms with E-state index in [9.17, 15) is 4.79 Å². The third-order valence-corrected chi connectivity index (χ3v) is 2.70. The number of fused-ring (bicyclic) bond motifs is 1. The molecule has 0 fully saturated rings. The standard InChI is InChI=1S/C10H8.C6H13NO2/c1-2-6-10-8-4-3-7-9(10)5-1;1-4(2)3-5(7)6(8)9/h1-8H;4-5H,3,7H2,1-2H3,(H,8,9)/t;5-/m.0/s1. The monoisotopic (exact) mass is 259 g/mol. The molecule has 0 unspecified atom stereocenters. The lowest BCUT2D eigenvalue weighted by Crippen LogP contribution is -2.31. The van der Waals surface area contributed by atoms with Gasteiger partial charge in [-0.15, -0.1) is 0 Å². The summed E-state index contributed by atoms with van der Waals surface area (Å²) >= 11 is 0. The van der Waals surface area contributed by atoms with Crippen molar-refractivity contribution in [2.45, 2.75) is 26.3 Å². The van der Waals surface area contributed by atoms with Crippen LogP contribution in [0.2, 0.25) is 0 Å². The molecule has 3 heteroatoms. The zero-order valence-corrected chi connectivity index (χ0v) is 11.4. The zero-order valence-electron chi connectivity index (χ0n) is 11.4. The minimum absolute atomic E-state index is 0.357. The van der Waals surface area contributed by atoms with Gasteiger partial charge in [-0.1, -0.05) is 62.4 Å². The maximum absolute atomic E-state index is 10.1. The van der Waals surface area contributed by atoms with Crippen LogP contribution in [0, 0.1) is 5.92 Å². The van der Waals surface area contributed by atoms with Crippen LogP contribution in [-0.2, 0) is 4.79 Å². The van der Waals surface area contributed by atoms with Gasteiger partial charge in [-0.25, -0.2) is 0 Å². The Balaban J connectivity index is 0.000000192. The second-order valence-electron chi connectivity index (χ2n) is 4.92. The van der Waals surface area contributed by atoms with Crippen LogP contribution in [0.3, 0.4) is 0 Å². The number of aliphatic carboxylic acids is 1. The smallest absolute Gasteiger partial charge is 0.320 e. The van der Waals surface area contributed by atoms with E-state index in [0.29, 0.717) is 12.3 Å². The van der Waals surface area contributed by atoms with Gasteiger partial charge in [0.05, 0.1) is 0 Å². The summed E-state index contributed by atoms with van der Waals surface area (Å²) < 4.78 is 0. The van der Waals surface area contributed by atoms with E-state index in [1.54, 1.807) is 0 Å². The number of nitrogens with two attached hydrogens (primary N) is 1. The first-order valence-corrected chi connectivity index (χ1v) is 6.43. The summed E-state index contributed by atoms with van der Waals surface area (Å²) in [5.74, 6) is -0.556. The minimum Gasteiger partial charge on any atom is -0.480 e. The second kappa shape index (κ2) is 7.54. The molecule has 0 saturated heterocycles. The van der Waals surface area contributed by atoms with Crippen LogP contribution >= 0.6 is 0 Å². The fourth-order valence-electron chi connectivity index (χ4n) is 1.74. The molecule has 0 aliphatic heterocycles. The van der Waals surface area contributed by atoms with E-state index < -0.39 is 12.0 Å². The van der Waals surface area contributed by atoms with Gasteiger partial charge in [-0.3, -0.25) is 4.79 Å². The van der Waals surface area contributed by atoms with Crippen molar-refractivity contribution in [1.82, 2.24) is 0 Å². The van der Waals surface area contributed by atoms with Crippen molar-refractivity contribution in [3.63, 3.8) is 0 Å². The van der Waals surface area contributed by atoms with Gasteiger partial charge in [0, 0.05) is 0 Å². The third kappa shape index (κ3) is 5.53. The van der Waals surface area contributed by atoms with Gasteiger partial charge in [0.15, 0.2) is 0 Å². The van der Waals surface area contributed by atoms with Crippen molar-refractivity contribution >= 4 is 16.7 Å². The predicted molar refractivity (Wildman–Crippen MR) is 79.0 cm³/mol. The van der Waals surface area contributed by atoms with Crippen LogP contribution in [-0.4, -0.2) is 17.1 Å². The van der Waals surface area contributed by atoms with Gasteiger partial charge in [-0.05, 0) is 23.1 Å². The lowest BCUT2D eigenvalue weighted by atomic mass is 10.1. The molecule has 0 saturated carbocycles. The molecule has 0 aliphatic carbocycles. The summed E-state index contributed by atoms with van der Waals surface area (Å²) in [5.41, 5.74) is 5.22. The topological polar surface area (TPSA) is 63.3 Å². The average Bonchev–Trinajstić information content (AvgIpc) is 2.39. The summed E-state index contributed by atoms with van der Waals surface area (Å²) in [6, 6.07) is 16.0. The Morgan fingerprint density at radius 3 is 1.63 bits per heavy atom. The van der Waals surface area contributed by atoms with Crippen LogP contribution in [0.25, 0.3) is 10.8 Å². The van der Waals surface area contributed by atoms with Crippen molar-refractivity contribution in [2.24, 2.45) is 11.7 Å². The van der Waals surface area contributed by atoms with Gasteiger partial charge in [0.2, 0.25) is 0 Å². The fourth-order valence-corrected chi connectivity index (χ4v) is 1.74. The molecule has 2 aromatic carbocycles. The Morgan fingerprint density at radius 2 is 1.42 bits per heavy atom. The summed E-state index contributed by atoms with van der Waals surface area (Å²) in [7, 11) is 0. The SMILES string of the molecule is CC(C)C[C@H](N)C(=O)O.c1ccc2ccccc2c1. The number of benzene rings is 2. The Morgan fingerprint density at radius 1 is 1.05 bits per heavy atom. The predicted octanol–water partition coefficient (Wildman–Crippen LogP) is 3.28. The highest BCUT2D eigenvalue weighted by Gasteiger charge is 2.11. The van der Waals surface area contributed by atoms with Crippen LogP contribution in [0.4, 0.5) is 0 Å². The summed E-state index contributed by atoms with van der Waals surface area (Å²) in [4.78, 5) is 10.1. The van der Waals surface area contributed by atoms with Gasteiger partial charge < -0.3 is 10.8 Å². The summed E-state index contributed by atoms with van der Waals surface area (Å²) in [6.07, 6.45) is 0.551. The maximum Gasteiger partial charge on any atom is 0.320 e. The average molecular weight is 259 g/mol. The molecule has 102 valence electrons. The Bertz CT molecular complexity index is 457. The van der Waals surface area contributed by atoms with Gasteiger partial charge in [0.1, 0.15) is 6.04 Å². The molecule has 3 nitrogen and oxygen atoms in total. The molecule has 2 aromatic rings. The number of carboxylic acids is 1. The lowest BCUT2D eigenvalue weighted by Gasteiger charge is -2.07. The Labute approximate surface area is 114 Å². The summed E-state index contributed by atoms with van der Waals surface area (Å²) in [5, 5.41) is 10.9. The lowest BCUT2D eigenvalue weighted by molar-refractivity contribution is -0.138. The quantitative estimate of drug-likeness (QED) is 0.889. The van der Waals surface area contributed by atoms with Crippen LogP contribution < -0.4 is 5.73 Å². The normalized spacial score (nSPS) is 11.8. The molecular formula is C16H21NO2. The van der Waals surface area contributed by atoms with E-state index in [0.717, 1.165) is 0 Å². The third-order valence-electron chi connectivity index (χ3n) is 2.70. The van der Waals surface area contributed by atoms with E-state index in [1.165, 1.54) is 10.8 Å². The fraction of sp³-hybridized carbons (Fsp3) is 0.312. The largest absolute Gasteiger partial charge is 0.480 e. The molecule has 0 radical (unpaired) electrons. The van der Waals surface area contributed by atoms with Crippen molar-refractivity contribution in [3.05, 3.63) is 48.5 Å². The van der Waals surface area contributed by atoms with E-state index in [1.807, 2.05) is 13.8 Å². The first kappa shape index (κ1) is 15.2. The Hall–Kier alpha value is -1.87. The molecule has 0 heterocycles. The molecule has 0 aliphatic rings. The van der Waals surface area contributed by atoms with Crippen LogP contribution in [0.1, 0.15) is 20.3 Å².